The van der Waals surface area contributed by atoms with Gasteiger partial charge in [-0.2, -0.15) is 0 Å². The highest BCUT2D eigenvalue weighted by atomic mass is 28.4. The van der Waals surface area contributed by atoms with E-state index in [0.29, 0.717) is 13.0 Å². The summed E-state index contributed by atoms with van der Waals surface area (Å²) in [4.78, 5) is 12.6. The average molecular weight is 379 g/mol. The maximum Gasteiger partial charge on any atom is 0.340 e. The molecular weight excluding hydrogens is 344 g/mol. The second-order valence-corrected chi connectivity index (χ2v) is 22.7. The molecule has 23 heavy (non-hydrogen) atoms. The number of carbonyl (C=O) groups is 1. The van der Waals surface area contributed by atoms with Crippen LogP contribution in [0.1, 0.15) is 6.42 Å². The van der Waals surface area contributed by atoms with Gasteiger partial charge in [0.15, 0.2) is 30.6 Å². The fourth-order valence-electron chi connectivity index (χ4n) is 2.34. The quantitative estimate of drug-likeness (QED) is 0.477. The third kappa shape index (κ3) is 7.61. The fourth-order valence-corrected chi connectivity index (χ4v) is 5.09. The third-order valence-electron chi connectivity index (χ3n) is 3.15. The first-order valence-electron chi connectivity index (χ1n) is 8.31. The maximum absolute atomic E-state index is 12.6. The molecule has 0 aromatic carbocycles. The van der Waals surface area contributed by atoms with Crippen LogP contribution in [0.25, 0.3) is 0 Å². The van der Waals surface area contributed by atoms with Crippen molar-refractivity contribution in [1.82, 2.24) is 0 Å². The lowest BCUT2D eigenvalue weighted by molar-refractivity contribution is -0.156. The number of rotatable bonds is 8. The van der Waals surface area contributed by atoms with Crippen molar-refractivity contribution < 1.29 is 22.8 Å². The molecule has 1 aliphatic rings. The van der Waals surface area contributed by atoms with Crippen LogP contribution >= 0.6 is 0 Å². The van der Waals surface area contributed by atoms with Crippen molar-refractivity contribution >= 4 is 30.9 Å². The van der Waals surface area contributed by atoms with Crippen molar-refractivity contribution in [2.75, 3.05) is 13.2 Å². The van der Waals surface area contributed by atoms with Crippen LogP contribution < -0.4 is 0 Å². The molecule has 0 saturated carbocycles. The van der Waals surface area contributed by atoms with E-state index in [1.54, 1.807) is 0 Å². The van der Waals surface area contributed by atoms with E-state index >= 15 is 0 Å². The van der Waals surface area contributed by atoms with Gasteiger partial charge in [0.1, 0.15) is 6.10 Å². The van der Waals surface area contributed by atoms with Crippen LogP contribution in [0.4, 0.5) is 0 Å². The molecule has 1 rings (SSSR count). The Labute approximate surface area is 144 Å². The SMILES string of the molecule is C[Si](C)(C)OC[C@@H]1C[C@@](CO[Si](C)(C)C)(O[Si](C)(C)C)C(=O)O1. The van der Waals surface area contributed by atoms with Crippen molar-refractivity contribution in [3.05, 3.63) is 0 Å². The Bertz CT molecular complexity index is 422. The molecule has 0 aromatic heterocycles. The van der Waals surface area contributed by atoms with E-state index in [0.717, 1.165) is 0 Å². The number of cyclic esters (lactones) is 1. The Balaban J connectivity index is 2.85. The molecule has 0 radical (unpaired) electrons. The van der Waals surface area contributed by atoms with Gasteiger partial charge in [-0.25, -0.2) is 4.79 Å². The second kappa shape index (κ2) is 7.09. The van der Waals surface area contributed by atoms with Crippen LogP contribution in [0, 0.1) is 0 Å². The monoisotopic (exact) mass is 378 g/mol. The summed E-state index contributed by atoms with van der Waals surface area (Å²) in [7, 11) is -5.30. The molecule has 1 saturated heterocycles. The Hall–Kier alpha value is 0.000649. The number of hydrogen-bond donors (Lipinski definition) is 0. The first kappa shape index (κ1) is 21.0. The fraction of sp³-hybridized carbons (Fsp3) is 0.933. The maximum atomic E-state index is 12.6. The van der Waals surface area contributed by atoms with Gasteiger partial charge in [-0.15, -0.1) is 0 Å². The minimum atomic E-state index is -1.92. The molecular formula is C15H34O5Si3. The highest BCUT2D eigenvalue weighted by Gasteiger charge is 2.53. The Kier molecular flexibility index (Phi) is 6.48. The van der Waals surface area contributed by atoms with Crippen LogP contribution in [0.3, 0.4) is 0 Å². The highest BCUT2D eigenvalue weighted by Crippen LogP contribution is 2.34. The summed E-state index contributed by atoms with van der Waals surface area (Å²) in [5, 5.41) is 0. The molecule has 0 unspecified atom stereocenters. The summed E-state index contributed by atoms with van der Waals surface area (Å²) in [6.45, 7) is 19.7. The molecule has 8 heteroatoms. The number of esters is 1. The molecule has 0 aliphatic carbocycles. The predicted molar refractivity (Wildman–Crippen MR) is 100 cm³/mol. The molecule has 5 nitrogen and oxygen atoms in total. The summed E-state index contributed by atoms with van der Waals surface area (Å²) in [6, 6.07) is 0. The van der Waals surface area contributed by atoms with Crippen LogP contribution in [-0.4, -0.2) is 55.8 Å². The van der Waals surface area contributed by atoms with Gasteiger partial charge >= 0.3 is 5.97 Å². The van der Waals surface area contributed by atoms with E-state index in [2.05, 4.69) is 58.9 Å². The van der Waals surface area contributed by atoms with E-state index in [4.69, 9.17) is 18.0 Å². The summed E-state index contributed by atoms with van der Waals surface area (Å²) < 4.78 is 23.8. The number of hydrogen-bond acceptors (Lipinski definition) is 5. The number of carbonyl (C=O) groups excluding carboxylic acids is 1. The van der Waals surface area contributed by atoms with Crippen molar-refractivity contribution in [1.29, 1.82) is 0 Å². The summed E-state index contributed by atoms with van der Waals surface area (Å²) in [6.07, 6.45) is 0.279. The Morgan fingerprint density at radius 2 is 1.48 bits per heavy atom. The molecule has 1 fully saturated rings. The Morgan fingerprint density at radius 3 is 1.91 bits per heavy atom. The molecule has 2 atom stereocenters. The summed E-state index contributed by atoms with van der Waals surface area (Å²) in [5.41, 5.74) is -0.960. The van der Waals surface area contributed by atoms with Crippen LogP contribution in [0.5, 0.6) is 0 Å². The van der Waals surface area contributed by atoms with Gasteiger partial charge in [0.2, 0.25) is 0 Å². The lowest BCUT2D eigenvalue weighted by atomic mass is 10.0. The minimum Gasteiger partial charge on any atom is -0.458 e. The van der Waals surface area contributed by atoms with Gasteiger partial charge in [0.25, 0.3) is 0 Å². The largest absolute Gasteiger partial charge is 0.458 e. The van der Waals surface area contributed by atoms with Gasteiger partial charge < -0.3 is 18.0 Å². The molecule has 0 aromatic rings. The molecule has 0 bridgehead atoms. The molecule has 1 heterocycles. The first-order chi connectivity index (χ1) is 10.1. The molecule has 136 valence electrons. The molecule has 0 spiro atoms. The molecule has 0 amide bonds. The predicted octanol–water partition coefficient (Wildman–Crippen LogP) is 3.60. The zero-order chi connectivity index (χ0) is 18.1. The topological polar surface area (TPSA) is 54.0 Å². The van der Waals surface area contributed by atoms with Gasteiger partial charge in [-0.05, 0) is 58.9 Å². The summed E-state index contributed by atoms with van der Waals surface area (Å²) >= 11 is 0. The minimum absolute atomic E-state index is 0.240. The van der Waals surface area contributed by atoms with E-state index in [9.17, 15) is 4.79 Å². The Morgan fingerprint density at radius 1 is 0.957 bits per heavy atom. The van der Waals surface area contributed by atoms with E-state index in [1.807, 2.05) is 0 Å². The number of ether oxygens (including phenoxy) is 1. The zero-order valence-electron chi connectivity index (χ0n) is 16.2. The van der Waals surface area contributed by atoms with Crippen molar-refractivity contribution in [2.45, 2.75) is 77.0 Å². The van der Waals surface area contributed by atoms with Gasteiger partial charge in [-0.1, -0.05) is 0 Å². The van der Waals surface area contributed by atoms with E-state index < -0.39 is 30.6 Å². The van der Waals surface area contributed by atoms with Crippen molar-refractivity contribution in [2.24, 2.45) is 0 Å². The normalized spacial score (nSPS) is 26.5. The third-order valence-corrected chi connectivity index (χ3v) is 6.19. The average Bonchev–Trinajstić information content (AvgIpc) is 2.58. The van der Waals surface area contributed by atoms with Gasteiger partial charge in [-0.3, -0.25) is 0 Å². The molecule has 1 aliphatic heterocycles. The summed E-state index contributed by atoms with van der Waals surface area (Å²) in [5.74, 6) is -0.289. The van der Waals surface area contributed by atoms with Crippen LogP contribution in [0.2, 0.25) is 58.9 Å². The first-order valence-corrected chi connectivity index (χ1v) is 18.5. The van der Waals surface area contributed by atoms with Crippen molar-refractivity contribution in [3.63, 3.8) is 0 Å². The lowest BCUT2D eigenvalue weighted by Crippen LogP contribution is -2.51. The van der Waals surface area contributed by atoms with Crippen LogP contribution in [-0.2, 0) is 22.8 Å². The molecule has 0 N–H and O–H groups in total. The van der Waals surface area contributed by atoms with Gasteiger partial charge in [0.05, 0.1) is 13.2 Å². The smallest absolute Gasteiger partial charge is 0.340 e. The van der Waals surface area contributed by atoms with E-state index in [1.165, 1.54) is 0 Å². The van der Waals surface area contributed by atoms with Gasteiger partial charge in [0, 0.05) is 6.42 Å². The lowest BCUT2D eigenvalue weighted by Gasteiger charge is -2.34. The van der Waals surface area contributed by atoms with Crippen molar-refractivity contribution in [3.8, 4) is 0 Å². The highest BCUT2D eigenvalue weighted by molar-refractivity contribution is 6.70. The standard InChI is InChI=1S/C15H34O5Si3/c1-21(2,3)17-11-13-10-15(14(16)19-13,20-23(7,8)9)12-18-22(4,5)6/h13H,10-12H2,1-9H3/t13-,15-/m0/s1. The van der Waals surface area contributed by atoms with Crippen LogP contribution in [0.15, 0.2) is 0 Å². The zero-order valence-corrected chi connectivity index (χ0v) is 19.2. The van der Waals surface area contributed by atoms with E-state index in [-0.39, 0.29) is 18.7 Å². The second-order valence-electron chi connectivity index (χ2n) is 9.26.